The van der Waals surface area contributed by atoms with Gasteiger partial charge >= 0.3 is 6.18 Å². The minimum Gasteiger partial charge on any atom is -0.356 e. The first-order valence-corrected chi connectivity index (χ1v) is 10.5. The van der Waals surface area contributed by atoms with E-state index in [0.717, 1.165) is 42.6 Å². The van der Waals surface area contributed by atoms with Gasteiger partial charge in [0.25, 0.3) is 0 Å². The van der Waals surface area contributed by atoms with Gasteiger partial charge in [0, 0.05) is 38.0 Å². The number of nitrogens with one attached hydrogen (secondary N) is 2. The molecule has 1 saturated heterocycles. The Hall–Kier alpha value is -1.35. The lowest BCUT2D eigenvalue weighted by Crippen LogP contribution is -2.40. The molecule has 2 heterocycles. The molecule has 154 valence electrons. The zero-order valence-corrected chi connectivity index (χ0v) is 16.9. The van der Waals surface area contributed by atoms with Gasteiger partial charge in [-0.15, -0.1) is 11.3 Å². The fourth-order valence-electron chi connectivity index (χ4n) is 3.20. The molecule has 0 aliphatic carbocycles. The van der Waals surface area contributed by atoms with Crippen LogP contribution in [0.1, 0.15) is 49.7 Å². The normalized spacial score (nSPS) is 19.3. The average Bonchev–Trinajstić information content (AvgIpc) is 3.10. The lowest BCUT2D eigenvalue weighted by molar-refractivity contribution is -0.140. The van der Waals surface area contributed by atoms with Crippen LogP contribution in [0.15, 0.2) is 10.4 Å². The van der Waals surface area contributed by atoms with Gasteiger partial charge in [-0.1, -0.05) is 6.42 Å². The van der Waals surface area contributed by atoms with Crippen molar-refractivity contribution >= 4 is 17.3 Å². The lowest BCUT2D eigenvalue weighted by Gasteiger charge is -2.33. The molecule has 27 heavy (non-hydrogen) atoms. The van der Waals surface area contributed by atoms with Crippen LogP contribution >= 0.6 is 11.3 Å². The van der Waals surface area contributed by atoms with E-state index in [1.54, 1.807) is 7.05 Å². The number of aromatic nitrogens is 1. The van der Waals surface area contributed by atoms with Crippen molar-refractivity contribution in [2.75, 3.05) is 33.2 Å². The van der Waals surface area contributed by atoms with Crippen molar-refractivity contribution in [1.29, 1.82) is 0 Å². The molecule has 0 aromatic carbocycles. The fourth-order valence-corrected chi connectivity index (χ4v) is 4.01. The third kappa shape index (κ3) is 7.65. The quantitative estimate of drug-likeness (QED) is 0.395. The van der Waals surface area contributed by atoms with Gasteiger partial charge in [0.05, 0.1) is 5.01 Å². The van der Waals surface area contributed by atoms with Gasteiger partial charge in [0.15, 0.2) is 11.7 Å². The fraction of sp³-hybridized carbons (Fsp3) is 0.778. The number of hydrogen-bond acceptors (Lipinski definition) is 4. The highest BCUT2D eigenvalue weighted by atomic mass is 32.1. The first-order chi connectivity index (χ1) is 12.9. The highest BCUT2D eigenvalue weighted by Crippen LogP contribution is 2.30. The summed E-state index contributed by atoms with van der Waals surface area (Å²) in [7, 11) is 1.69. The molecule has 2 N–H and O–H groups in total. The maximum Gasteiger partial charge on any atom is 0.434 e. The van der Waals surface area contributed by atoms with Gasteiger partial charge in [-0.25, -0.2) is 4.98 Å². The third-order valence-electron chi connectivity index (χ3n) is 4.80. The molecule has 2 rings (SSSR count). The van der Waals surface area contributed by atoms with Crippen LogP contribution in [-0.4, -0.2) is 55.1 Å². The Morgan fingerprint density at radius 3 is 2.74 bits per heavy atom. The van der Waals surface area contributed by atoms with Crippen LogP contribution in [0.4, 0.5) is 13.2 Å². The highest BCUT2D eigenvalue weighted by molar-refractivity contribution is 7.09. The van der Waals surface area contributed by atoms with E-state index in [4.69, 9.17) is 0 Å². The van der Waals surface area contributed by atoms with Crippen molar-refractivity contribution in [3.63, 3.8) is 0 Å². The molecule has 1 aliphatic heterocycles. The van der Waals surface area contributed by atoms with E-state index in [2.05, 4.69) is 32.4 Å². The van der Waals surface area contributed by atoms with E-state index >= 15 is 0 Å². The Labute approximate surface area is 163 Å². The number of guanidine groups is 1. The van der Waals surface area contributed by atoms with Crippen LogP contribution in [0.25, 0.3) is 0 Å². The summed E-state index contributed by atoms with van der Waals surface area (Å²) in [5, 5.41) is 7.92. The summed E-state index contributed by atoms with van der Waals surface area (Å²) in [5.74, 6) is 0.675. The summed E-state index contributed by atoms with van der Waals surface area (Å²) >= 11 is 1.04. The zero-order chi connectivity index (χ0) is 19.7. The van der Waals surface area contributed by atoms with Crippen LogP contribution in [-0.2, 0) is 12.6 Å². The maximum absolute atomic E-state index is 12.5. The number of hydrogen-bond donors (Lipinski definition) is 2. The summed E-state index contributed by atoms with van der Waals surface area (Å²) in [6.45, 7) is 5.99. The van der Waals surface area contributed by atoms with Crippen molar-refractivity contribution in [2.24, 2.45) is 4.99 Å². The van der Waals surface area contributed by atoms with E-state index in [0.29, 0.717) is 30.0 Å². The lowest BCUT2D eigenvalue weighted by atomic mass is 10.0. The number of halogens is 3. The van der Waals surface area contributed by atoms with Crippen molar-refractivity contribution in [3.8, 4) is 0 Å². The molecule has 0 amide bonds. The standard InChI is InChI=1S/C18H30F3N5S/c1-14-7-3-5-11-26(14)12-6-4-9-23-17(22-2)24-10-8-16-25-15(13-27-16)18(19,20)21/h13-14H,3-12H2,1-2H3,(H2,22,23,24). The smallest absolute Gasteiger partial charge is 0.356 e. The van der Waals surface area contributed by atoms with Crippen molar-refractivity contribution in [3.05, 3.63) is 16.1 Å². The molecule has 0 bridgehead atoms. The summed E-state index contributed by atoms with van der Waals surface area (Å²) in [5.41, 5.74) is -0.812. The monoisotopic (exact) mass is 405 g/mol. The Kier molecular flexibility index (Phi) is 8.82. The molecule has 9 heteroatoms. The highest BCUT2D eigenvalue weighted by Gasteiger charge is 2.33. The van der Waals surface area contributed by atoms with Crippen molar-refractivity contribution in [1.82, 2.24) is 20.5 Å². The Bertz CT molecular complexity index is 588. The topological polar surface area (TPSA) is 52.6 Å². The number of likely N-dealkylation sites (tertiary alicyclic amines) is 1. The van der Waals surface area contributed by atoms with E-state index in [-0.39, 0.29) is 0 Å². The van der Waals surface area contributed by atoms with E-state index < -0.39 is 11.9 Å². The predicted octanol–water partition coefficient (Wildman–Crippen LogP) is 3.52. The first kappa shape index (κ1) is 21.9. The molecule has 1 unspecified atom stereocenters. The zero-order valence-electron chi connectivity index (χ0n) is 16.1. The molecular formula is C18H30F3N5S. The van der Waals surface area contributed by atoms with Crippen LogP contribution in [0, 0.1) is 0 Å². The van der Waals surface area contributed by atoms with E-state index in [1.807, 2.05) is 0 Å². The molecule has 1 atom stereocenters. The van der Waals surface area contributed by atoms with E-state index in [1.165, 1.54) is 25.8 Å². The van der Waals surface area contributed by atoms with Crippen molar-refractivity contribution < 1.29 is 13.2 Å². The van der Waals surface area contributed by atoms with Gasteiger partial charge in [-0.2, -0.15) is 13.2 Å². The first-order valence-electron chi connectivity index (χ1n) is 9.60. The second-order valence-corrected chi connectivity index (χ2v) is 7.83. The molecular weight excluding hydrogens is 375 g/mol. The Morgan fingerprint density at radius 1 is 1.30 bits per heavy atom. The SMILES string of the molecule is CN=C(NCCCCN1CCCCC1C)NCCc1nc(C(F)(F)F)cs1. The van der Waals surface area contributed by atoms with Gasteiger partial charge < -0.3 is 15.5 Å². The maximum atomic E-state index is 12.5. The molecule has 1 fully saturated rings. The van der Waals surface area contributed by atoms with Gasteiger partial charge in [-0.05, 0) is 45.7 Å². The van der Waals surface area contributed by atoms with Gasteiger partial charge in [-0.3, -0.25) is 4.99 Å². The number of aliphatic imine (C=N–C) groups is 1. The summed E-state index contributed by atoms with van der Waals surface area (Å²) < 4.78 is 37.6. The summed E-state index contributed by atoms with van der Waals surface area (Å²) in [4.78, 5) is 10.3. The molecule has 0 saturated carbocycles. The minimum absolute atomic E-state index is 0.439. The van der Waals surface area contributed by atoms with Crippen LogP contribution in [0.3, 0.4) is 0 Å². The van der Waals surface area contributed by atoms with Crippen LogP contribution in [0.5, 0.6) is 0 Å². The molecule has 0 spiro atoms. The third-order valence-corrected chi connectivity index (χ3v) is 5.71. The Balaban J connectivity index is 1.58. The average molecular weight is 406 g/mol. The number of piperidine rings is 1. The predicted molar refractivity (Wildman–Crippen MR) is 104 cm³/mol. The molecule has 1 aromatic heterocycles. The number of thiazole rings is 1. The minimum atomic E-state index is -4.37. The number of nitrogens with zero attached hydrogens (tertiary/aromatic N) is 3. The van der Waals surface area contributed by atoms with Crippen LogP contribution in [0.2, 0.25) is 0 Å². The number of alkyl halides is 3. The second kappa shape index (κ2) is 10.8. The Morgan fingerprint density at radius 2 is 2.07 bits per heavy atom. The van der Waals surface area contributed by atoms with E-state index in [9.17, 15) is 13.2 Å². The number of rotatable bonds is 8. The van der Waals surface area contributed by atoms with Crippen molar-refractivity contribution in [2.45, 2.75) is 57.7 Å². The summed E-state index contributed by atoms with van der Waals surface area (Å²) in [6, 6.07) is 0.699. The molecule has 1 aromatic rings. The molecule has 5 nitrogen and oxygen atoms in total. The summed E-state index contributed by atoms with van der Waals surface area (Å²) in [6.07, 6.45) is 2.24. The largest absolute Gasteiger partial charge is 0.434 e. The van der Waals surface area contributed by atoms with Gasteiger partial charge in [0.1, 0.15) is 0 Å². The van der Waals surface area contributed by atoms with Gasteiger partial charge in [0.2, 0.25) is 0 Å². The number of unbranched alkanes of at least 4 members (excludes halogenated alkanes) is 1. The second-order valence-electron chi connectivity index (χ2n) is 6.89. The molecule has 1 aliphatic rings. The van der Waals surface area contributed by atoms with Crippen LogP contribution < -0.4 is 10.6 Å². The molecule has 0 radical (unpaired) electrons.